The molecular formula is C22H44N4O4. The standard InChI is InChI=1S/C22H44N4O4/c1-2-3-4-5-6-7-8-9-10-13-16-25-22(30)19(17-20(27)28)26-21(29)18(24)14-11-12-15-23/h18-19H,2-17,23-24H2,1H3,(H,25,30)(H,26,29)(H,27,28)/t18-,19-/m0/s1. The van der Waals surface area contributed by atoms with Crippen LogP contribution in [0.2, 0.25) is 0 Å². The third kappa shape index (κ3) is 16.2. The van der Waals surface area contributed by atoms with Crippen LogP contribution in [0.15, 0.2) is 0 Å². The molecule has 176 valence electrons. The van der Waals surface area contributed by atoms with Gasteiger partial charge in [-0.05, 0) is 25.8 Å². The van der Waals surface area contributed by atoms with Gasteiger partial charge in [0.05, 0.1) is 12.5 Å². The summed E-state index contributed by atoms with van der Waals surface area (Å²) in [5.41, 5.74) is 11.2. The van der Waals surface area contributed by atoms with E-state index in [9.17, 15) is 14.4 Å². The number of carboxylic acids is 1. The van der Waals surface area contributed by atoms with Gasteiger partial charge < -0.3 is 27.2 Å². The van der Waals surface area contributed by atoms with Crippen LogP contribution in [0.3, 0.4) is 0 Å². The first kappa shape index (κ1) is 28.3. The number of hydrogen-bond acceptors (Lipinski definition) is 5. The molecule has 0 saturated carbocycles. The monoisotopic (exact) mass is 428 g/mol. The van der Waals surface area contributed by atoms with Crippen molar-refractivity contribution < 1.29 is 19.5 Å². The van der Waals surface area contributed by atoms with Gasteiger partial charge in [-0.15, -0.1) is 0 Å². The molecule has 8 nitrogen and oxygen atoms in total. The van der Waals surface area contributed by atoms with Gasteiger partial charge >= 0.3 is 5.97 Å². The predicted molar refractivity (Wildman–Crippen MR) is 120 cm³/mol. The van der Waals surface area contributed by atoms with E-state index in [0.29, 0.717) is 25.9 Å². The lowest BCUT2D eigenvalue weighted by Gasteiger charge is -2.19. The van der Waals surface area contributed by atoms with Gasteiger partial charge in [0, 0.05) is 6.54 Å². The Balaban J connectivity index is 4.06. The Labute approximate surface area is 181 Å². The smallest absolute Gasteiger partial charge is 0.305 e. The maximum absolute atomic E-state index is 12.3. The Hall–Kier alpha value is -1.67. The fraction of sp³-hybridized carbons (Fsp3) is 0.864. The molecule has 2 amide bonds. The second-order valence-corrected chi connectivity index (χ2v) is 8.02. The SMILES string of the molecule is CCCCCCCCCCCCNC(=O)[C@H](CC(=O)O)NC(=O)[C@@H](N)CCCCN. The van der Waals surface area contributed by atoms with Crippen molar-refractivity contribution in [3.05, 3.63) is 0 Å². The van der Waals surface area contributed by atoms with E-state index in [0.717, 1.165) is 25.7 Å². The summed E-state index contributed by atoms with van der Waals surface area (Å²) in [6.07, 6.45) is 13.4. The molecule has 0 aromatic rings. The molecule has 0 unspecified atom stereocenters. The molecular weight excluding hydrogens is 384 g/mol. The van der Waals surface area contributed by atoms with Gasteiger partial charge in [0.15, 0.2) is 0 Å². The number of carbonyl (C=O) groups excluding carboxylic acids is 2. The lowest BCUT2D eigenvalue weighted by atomic mass is 10.1. The third-order valence-corrected chi connectivity index (χ3v) is 5.15. The van der Waals surface area contributed by atoms with Crippen molar-refractivity contribution in [2.45, 2.75) is 109 Å². The number of amides is 2. The summed E-state index contributed by atoms with van der Waals surface area (Å²) in [4.78, 5) is 35.5. The molecule has 0 aromatic carbocycles. The average Bonchev–Trinajstić information content (AvgIpc) is 2.71. The Bertz CT molecular complexity index is 474. The minimum absolute atomic E-state index is 0.447. The number of nitrogens with two attached hydrogens (primary N) is 2. The number of rotatable bonds is 20. The zero-order valence-electron chi connectivity index (χ0n) is 18.8. The number of nitrogens with one attached hydrogen (secondary N) is 2. The van der Waals surface area contributed by atoms with Crippen LogP contribution in [0.25, 0.3) is 0 Å². The Morgan fingerprint density at radius 3 is 1.93 bits per heavy atom. The number of carbonyl (C=O) groups is 3. The molecule has 0 heterocycles. The van der Waals surface area contributed by atoms with Crippen molar-refractivity contribution in [1.29, 1.82) is 0 Å². The molecule has 0 fully saturated rings. The van der Waals surface area contributed by atoms with E-state index in [1.165, 1.54) is 44.9 Å². The maximum Gasteiger partial charge on any atom is 0.305 e. The molecule has 0 saturated heterocycles. The zero-order valence-corrected chi connectivity index (χ0v) is 18.8. The van der Waals surface area contributed by atoms with Gasteiger partial charge in [0.2, 0.25) is 11.8 Å². The quantitative estimate of drug-likeness (QED) is 0.188. The Morgan fingerprint density at radius 1 is 0.833 bits per heavy atom. The summed E-state index contributed by atoms with van der Waals surface area (Å²) < 4.78 is 0. The summed E-state index contributed by atoms with van der Waals surface area (Å²) in [5.74, 6) is -2.13. The fourth-order valence-corrected chi connectivity index (χ4v) is 3.25. The summed E-state index contributed by atoms with van der Waals surface area (Å²) >= 11 is 0. The summed E-state index contributed by atoms with van der Waals surface area (Å²) in [6.45, 7) is 3.22. The van der Waals surface area contributed by atoms with Crippen molar-refractivity contribution in [1.82, 2.24) is 10.6 Å². The van der Waals surface area contributed by atoms with Crippen molar-refractivity contribution in [2.24, 2.45) is 11.5 Å². The number of carboxylic acid groups (broad SMARTS) is 1. The molecule has 0 aliphatic heterocycles. The second-order valence-electron chi connectivity index (χ2n) is 8.02. The van der Waals surface area contributed by atoms with Gasteiger partial charge in [0.25, 0.3) is 0 Å². The Kier molecular flexibility index (Phi) is 18.2. The normalized spacial score (nSPS) is 12.9. The minimum atomic E-state index is -1.15. The first-order chi connectivity index (χ1) is 14.4. The van der Waals surface area contributed by atoms with Crippen molar-refractivity contribution in [3.8, 4) is 0 Å². The Morgan fingerprint density at radius 2 is 1.40 bits per heavy atom. The molecule has 8 heteroatoms. The van der Waals surface area contributed by atoms with Crippen LogP contribution in [-0.4, -0.2) is 48.1 Å². The van der Waals surface area contributed by atoms with Crippen LogP contribution in [0.4, 0.5) is 0 Å². The van der Waals surface area contributed by atoms with E-state index >= 15 is 0 Å². The minimum Gasteiger partial charge on any atom is -0.481 e. The zero-order chi connectivity index (χ0) is 22.6. The predicted octanol–water partition coefficient (Wildman–Crippen LogP) is 2.44. The van der Waals surface area contributed by atoms with Crippen LogP contribution in [0.5, 0.6) is 0 Å². The molecule has 0 aliphatic carbocycles. The van der Waals surface area contributed by atoms with Crippen molar-refractivity contribution in [2.75, 3.05) is 13.1 Å². The van der Waals surface area contributed by atoms with Crippen molar-refractivity contribution in [3.63, 3.8) is 0 Å². The molecule has 0 radical (unpaired) electrons. The van der Waals surface area contributed by atoms with Gasteiger partial charge in [-0.25, -0.2) is 0 Å². The van der Waals surface area contributed by atoms with E-state index in [2.05, 4.69) is 17.6 Å². The summed E-state index contributed by atoms with van der Waals surface area (Å²) in [6, 6.07) is -1.89. The van der Waals surface area contributed by atoms with E-state index in [1.54, 1.807) is 0 Å². The van der Waals surface area contributed by atoms with E-state index in [-0.39, 0.29) is 0 Å². The molecule has 30 heavy (non-hydrogen) atoms. The summed E-state index contributed by atoms with van der Waals surface area (Å²) in [7, 11) is 0. The highest BCUT2D eigenvalue weighted by atomic mass is 16.4. The highest BCUT2D eigenvalue weighted by Gasteiger charge is 2.25. The van der Waals surface area contributed by atoms with Crippen molar-refractivity contribution >= 4 is 17.8 Å². The lowest BCUT2D eigenvalue weighted by molar-refractivity contribution is -0.140. The molecule has 0 spiro atoms. The molecule has 0 rings (SSSR count). The van der Waals surface area contributed by atoms with Crippen LogP contribution >= 0.6 is 0 Å². The van der Waals surface area contributed by atoms with Gasteiger partial charge in [0.1, 0.15) is 6.04 Å². The van der Waals surface area contributed by atoms with Crippen LogP contribution in [0.1, 0.15) is 96.8 Å². The number of unbranched alkanes of at least 4 members (excludes halogenated alkanes) is 10. The first-order valence-electron chi connectivity index (χ1n) is 11.7. The number of aliphatic carboxylic acids is 1. The molecule has 2 atom stereocenters. The van der Waals surface area contributed by atoms with E-state index < -0.39 is 36.3 Å². The van der Waals surface area contributed by atoms with Gasteiger partial charge in [-0.1, -0.05) is 71.1 Å². The van der Waals surface area contributed by atoms with Crippen LogP contribution < -0.4 is 22.1 Å². The van der Waals surface area contributed by atoms with Crippen LogP contribution in [0, 0.1) is 0 Å². The summed E-state index contributed by atoms with van der Waals surface area (Å²) in [5, 5.41) is 14.3. The largest absolute Gasteiger partial charge is 0.481 e. The average molecular weight is 429 g/mol. The van der Waals surface area contributed by atoms with E-state index in [1.807, 2.05) is 0 Å². The van der Waals surface area contributed by atoms with Gasteiger partial charge in [-0.3, -0.25) is 14.4 Å². The lowest BCUT2D eigenvalue weighted by Crippen LogP contribution is -2.52. The highest BCUT2D eigenvalue weighted by molar-refractivity contribution is 5.92. The topological polar surface area (TPSA) is 148 Å². The molecule has 0 aliphatic rings. The molecule has 7 N–H and O–H groups in total. The third-order valence-electron chi connectivity index (χ3n) is 5.15. The first-order valence-corrected chi connectivity index (χ1v) is 11.7. The second kappa shape index (κ2) is 19.3. The van der Waals surface area contributed by atoms with Crippen LogP contribution in [-0.2, 0) is 14.4 Å². The number of hydrogen-bond donors (Lipinski definition) is 5. The maximum atomic E-state index is 12.3. The molecule has 0 aromatic heterocycles. The molecule has 0 bridgehead atoms. The highest BCUT2D eigenvalue weighted by Crippen LogP contribution is 2.10. The fourth-order valence-electron chi connectivity index (χ4n) is 3.25. The van der Waals surface area contributed by atoms with E-state index in [4.69, 9.17) is 16.6 Å². The van der Waals surface area contributed by atoms with Gasteiger partial charge in [-0.2, -0.15) is 0 Å².